The molecule has 0 aromatic heterocycles. The van der Waals surface area contributed by atoms with E-state index in [-0.39, 0.29) is 18.7 Å². The molecule has 204 valence electrons. The molecule has 8 aliphatic carbocycles. The van der Waals surface area contributed by atoms with Crippen LogP contribution in [0, 0.1) is 35.5 Å². The summed E-state index contributed by atoms with van der Waals surface area (Å²) >= 11 is 0. The second kappa shape index (κ2) is 8.88. The summed E-state index contributed by atoms with van der Waals surface area (Å²) in [5, 5.41) is 2.90. The van der Waals surface area contributed by atoms with Gasteiger partial charge in [-0.3, -0.25) is 0 Å². The second-order valence-corrected chi connectivity index (χ2v) is 21.1. The average Bonchev–Trinajstić information content (AvgIpc) is 2.80. The van der Waals surface area contributed by atoms with E-state index in [2.05, 4.69) is 63.3 Å². The largest absolute Gasteiger partial charge is 0.242 e. The van der Waals surface area contributed by atoms with Crippen molar-refractivity contribution in [2.75, 3.05) is 7.05 Å². The highest BCUT2D eigenvalue weighted by atomic mass is 32.2. The van der Waals surface area contributed by atoms with Crippen molar-refractivity contribution in [1.82, 2.24) is 4.31 Å². The Hall–Kier alpha value is -0.240. The van der Waals surface area contributed by atoms with E-state index in [4.69, 9.17) is 0 Å². The van der Waals surface area contributed by atoms with Gasteiger partial charge in [-0.05, 0) is 161 Å². The van der Waals surface area contributed by atoms with E-state index >= 15 is 0 Å². The van der Waals surface area contributed by atoms with Gasteiger partial charge in [0.15, 0.2) is 0 Å². The van der Waals surface area contributed by atoms with Crippen LogP contribution in [0.25, 0.3) is 0 Å². The maximum atomic E-state index is 13.5. The Morgan fingerprint density at radius 1 is 0.784 bits per heavy atom. The first-order valence-electron chi connectivity index (χ1n) is 15.6. The quantitative estimate of drug-likeness (QED) is 0.334. The summed E-state index contributed by atoms with van der Waals surface area (Å²) < 4.78 is 15.5. The Morgan fingerprint density at radius 2 is 1.16 bits per heavy atom. The van der Waals surface area contributed by atoms with Crippen molar-refractivity contribution in [2.45, 2.75) is 126 Å². The van der Waals surface area contributed by atoms with Crippen molar-refractivity contribution in [2.24, 2.45) is 35.5 Å². The van der Waals surface area contributed by atoms with Gasteiger partial charge in [0.05, 0.1) is 15.7 Å². The SMILES string of the molecule is C[C@@H](c1ccccc1P(C12CC3CC(CC(C3)C1)C2)C12CC3CC(CC(C3)C1)C2)N(C)[S@](=O)C(C)(C)C. The van der Waals surface area contributed by atoms with Crippen molar-refractivity contribution in [3.63, 3.8) is 0 Å². The number of rotatable bonds is 6. The van der Waals surface area contributed by atoms with Gasteiger partial charge in [0.2, 0.25) is 0 Å². The highest BCUT2D eigenvalue weighted by Crippen LogP contribution is 2.78. The number of hydrogen-bond acceptors (Lipinski definition) is 1. The molecule has 0 unspecified atom stereocenters. The highest BCUT2D eigenvalue weighted by Gasteiger charge is 2.63. The molecule has 0 aliphatic heterocycles. The molecule has 1 aromatic rings. The zero-order valence-corrected chi connectivity index (χ0v) is 25.8. The molecule has 8 fully saturated rings. The summed E-state index contributed by atoms with van der Waals surface area (Å²) in [6.07, 6.45) is 18.4. The molecule has 0 saturated heterocycles. The lowest BCUT2D eigenvalue weighted by molar-refractivity contribution is 0.0195. The Labute approximate surface area is 230 Å². The summed E-state index contributed by atoms with van der Waals surface area (Å²) in [5.41, 5.74) is 1.51. The molecule has 0 N–H and O–H groups in total. The lowest BCUT2D eigenvalue weighted by Gasteiger charge is -2.67. The molecule has 2 atom stereocenters. The van der Waals surface area contributed by atoms with Crippen molar-refractivity contribution < 1.29 is 4.21 Å². The summed E-state index contributed by atoms with van der Waals surface area (Å²) in [5.74, 6) is 6.03. The third kappa shape index (κ3) is 4.18. The summed E-state index contributed by atoms with van der Waals surface area (Å²) in [6, 6.07) is 9.85. The first kappa shape index (κ1) is 25.7. The third-order valence-electron chi connectivity index (χ3n) is 11.9. The standard InChI is InChI=1S/C33H50NOPS/c1-22(34(5)37(35)31(2,3)4)29-8-6-7-9-30(29)36(32-16-23-10-24(17-32)12-25(11-23)18-32)33-19-26-13-27(20-33)15-28(14-26)21-33/h6-9,22-28H,10-21H2,1-5H3/t22-,23?,24?,25?,26?,27?,28?,32?,33?,36?,37+/m0/s1. The molecule has 9 rings (SSSR count). The van der Waals surface area contributed by atoms with E-state index in [1.165, 1.54) is 82.6 Å². The van der Waals surface area contributed by atoms with Crippen molar-refractivity contribution in [3.8, 4) is 0 Å². The third-order valence-corrected chi connectivity index (χ3v) is 17.7. The van der Waals surface area contributed by atoms with Gasteiger partial charge >= 0.3 is 0 Å². The van der Waals surface area contributed by atoms with Gasteiger partial charge in [-0.1, -0.05) is 32.2 Å². The number of nitrogens with zero attached hydrogens (tertiary/aromatic N) is 1. The van der Waals surface area contributed by atoms with Gasteiger partial charge in [-0.2, -0.15) is 0 Å². The minimum Gasteiger partial charge on any atom is -0.242 e. The lowest BCUT2D eigenvalue weighted by Crippen LogP contribution is -2.58. The molecule has 37 heavy (non-hydrogen) atoms. The lowest BCUT2D eigenvalue weighted by atomic mass is 9.55. The monoisotopic (exact) mass is 539 g/mol. The predicted octanol–water partition coefficient (Wildman–Crippen LogP) is 8.19. The van der Waals surface area contributed by atoms with Crippen LogP contribution in [-0.4, -0.2) is 30.6 Å². The molecule has 0 amide bonds. The maximum absolute atomic E-state index is 13.5. The average molecular weight is 540 g/mol. The number of benzene rings is 1. The van der Waals surface area contributed by atoms with Crippen molar-refractivity contribution in [3.05, 3.63) is 29.8 Å². The van der Waals surface area contributed by atoms with E-state index in [1.54, 1.807) is 5.30 Å². The van der Waals surface area contributed by atoms with Gasteiger partial charge in [-0.15, -0.1) is 0 Å². The first-order chi connectivity index (χ1) is 17.6. The molecule has 2 nitrogen and oxygen atoms in total. The Balaban J connectivity index is 1.35. The molecule has 0 radical (unpaired) electrons. The van der Waals surface area contributed by atoms with Crippen LogP contribution < -0.4 is 5.30 Å². The maximum Gasteiger partial charge on any atom is 0.1000 e. The smallest absolute Gasteiger partial charge is 0.1000 e. The molecule has 1 aromatic carbocycles. The minimum absolute atomic E-state index is 0.184. The summed E-state index contributed by atoms with van der Waals surface area (Å²) in [6.45, 7) is 8.71. The van der Waals surface area contributed by atoms with E-state index in [9.17, 15) is 4.21 Å². The van der Waals surface area contributed by atoms with Crippen LogP contribution in [0.15, 0.2) is 24.3 Å². The van der Waals surface area contributed by atoms with Gasteiger partial charge in [0.1, 0.15) is 0 Å². The topological polar surface area (TPSA) is 20.3 Å². The molecule has 0 heterocycles. The van der Waals surface area contributed by atoms with Crippen molar-refractivity contribution >= 4 is 24.2 Å². The molecule has 8 bridgehead atoms. The van der Waals surface area contributed by atoms with Crippen LogP contribution in [0.5, 0.6) is 0 Å². The Morgan fingerprint density at radius 3 is 1.54 bits per heavy atom. The van der Waals surface area contributed by atoms with E-state index in [1.807, 2.05) is 0 Å². The van der Waals surface area contributed by atoms with Crippen LogP contribution in [0.3, 0.4) is 0 Å². The van der Waals surface area contributed by atoms with Gasteiger partial charge in [0.25, 0.3) is 0 Å². The fourth-order valence-corrected chi connectivity index (χ4v) is 18.2. The van der Waals surface area contributed by atoms with Crippen LogP contribution >= 0.6 is 7.92 Å². The minimum atomic E-state index is -1.01. The molecular formula is C33H50NOPS. The molecular weight excluding hydrogens is 489 g/mol. The molecule has 8 aliphatic rings. The van der Waals surface area contributed by atoms with Gasteiger partial charge < -0.3 is 0 Å². The highest BCUT2D eigenvalue weighted by molar-refractivity contribution is 7.84. The summed E-state index contributed by atoms with van der Waals surface area (Å²) in [7, 11) is 0.843. The van der Waals surface area contributed by atoms with Crippen LogP contribution in [0.2, 0.25) is 0 Å². The van der Waals surface area contributed by atoms with E-state index < -0.39 is 11.0 Å². The fourth-order valence-electron chi connectivity index (χ4n) is 11.5. The Kier molecular flexibility index (Phi) is 6.17. The first-order valence-corrected chi connectivity index (χ1v) is 18.0. The second-order valence-electron chi connectivity index (χ2n) is 15.8. The summed E-state index contributed by atoms with van der Waals surface area (Å²) in [4.78, 5) is 0. The Bertz CT molecular complexity index is 960. The molecule has 4 heteroatoms. The zero-order chi connectivity index (χ0) is 25.7. The fraction of sp³-hybridized carbons (Fsp3) is 0.818. The predicted molar refractivity (Wildman–Crippen MR) is 159 cm³/mol. The van der Waals surface area contributed by atoms with Gasteiger partial charge in [-0.25, -0.2) is 8.51 Å². The van der Waals surface area contributed by atoms with E-state index in [0.29, 0.717) is 10.3 Å². The van der Waals surface area contributed by atoms with Crippen LogP contribution in [-0.2, 0) is 11.0 Å². The number of hydrogen-bond donors (Lipinski definition) is 0. The van der Waals surface area contributed by atoms with Crippen LogP contribution in [0.4, 0.5) is 0 Å². The normalized spacial score (nSPS) is 44.4. The van der Waals surface area contributed by atoms with Crippen molar-refractivity contribution in [1.29, 1.82) is 0 Å². The molecule has 0 spiro atoms. The zero-order valence-electron chi connectivity index (χ0n) is 24.0. The van der Waals surface area contributed by atoms with Crippen LogP contribution in [0.1, 0.15) is 116 Å². The molecule has 8 saturated carbocycles. The van der Waals surface area contributed by atoms with E-state index in [0.717, 1.165) is 35.5 Å². The van der Waals surface area contributed by atoms with Gasteiger partial charge in [0, 0.05) is 13.1 Å².